The van der Waals surface area contributed by atoms with Gasteiger partial charge < -0.3 is 4.74 Å². The number of halogens is 1. The normalized spacial score (nSPS) is 9.85. The van der Waals surface area contributed by atoms with Crippen LogP contribution in [0.1, 0.15) is 22.8 Å². The predicted molar refractivity (Wildman–Crippen MR) is 55.4 cm³/mol. The quantitative estimate of drug-likeness (QED) is 0.746. The molecule has 0 spiro atoms. The molecule has 0 aliphatic carbocycles. The van der Waals surface area contributed by atoms with Gasteiger partial charge in [-0.2, -0.15) is 0 Å². The Kier molecular flexibility index (Phi) is 3.09. The van der Waals surface area contributed by atoms with Crippen molar-refractivity contribution in [3.63, 3.8) is 0 Å². The molecule has 70 valence electrons. The van der Waals surface area contributed by atoms with Crippen LogP contribution in [0.25, 0.3) is 0 Å². The second-order valence-electron chi connectivity index (χ2n) is 2.86. The minimum atomic E-state index is 0.0534. The van der Waals surface area contributed by atoms with Crippen molar-refractivity contribution in [1.82, 2.24) is 0 Å². The highest BCUT2D eigenvalue weighted by Gasteiger charge is 2.08. The van der Waals surface area contributed by atoms with E-state index in [4.69, 9.17) is 4.74 Å². The molecule has 0 saturated carbocycles. The second-order valence-corrected chi connectivity index (χ2v) is 3.71. The number of methoxy groups -OCH3 is 1. The van der Waals surface area contributed by atoms with Gasteiger partial charge >= 0.3 is 0 Å². The number of rotatable bonds is 2. The average molecular weight is 243 g/mol. The number of ketones is 1. The van der Waals surface area contributed by atoms with Gasteiger partial charge in [0, 0.05) is 10.0 Å². The van der Waals surface area contributed by atoms with Crippen LogP contribution in [0.2, 0.25) is 0 Å². The predicted octanol–water partition coefficient (Wildman–Crippen LogP) is 2.97. The molecule has 13 heavy (non-hydrogen) atoms. The van der Waals surface area contributed by atoms with E-state index in [0.717, 1.165) is 15.8 Å². The van der Waals surface area contributed by atoms with Gasteiger partial charge in [-0.3, -0.25) is 4.79 Å². The minimum Gasteiger partial charge on any atom is -0.496 e. The average Bonchev–Trinajstić information content (AvgIpc) is 2.07. The third-order valence-corrected chi connectivity index (χ3v) is 2.52. The molecule has 0 aliphatic heterocycles. The Morgan fingerprint density at radius 2 is 2.08 bits per heavy atom. The zero-order valence-electron chi connectivity index (χ0n) is 7.85. The van der Waals surface area contributed by atoms with E-state index in [0.29, 0.717) is 5.56 Å². The molecule has 0 N–H and O–H groups in total. The lowest BCUT2D eigenvalue weighted by Crippen LogP contribution is -1.96. The van der Waals surface area contributed by atoms with Crippen LogP contribution in [0.4, 0.5) is 0 Å². The lowest BCUT2D eigenvalue weighted by molar-refractivity contribution is 0.101. The topological polar surface area (TPSA) is 26.3 Å². The third kappa shape index (κ3) is 2.10. The van der Waals surface area contributed by atoms with Crippen LogP contribution >= 0.6 is 15.9 Å². The highest BCUT2D eigenvalue weighted by atomic mass is 79.9. The number of carbonyl (C=O) groups excluding carboxylic acids is 1. The Morgan fingerprint density at radius 3 is 2.54 bits per heavy atom. The first kappa shape index (κ1) is 10.3. The van der Waals surface area contributed by atoms with Gasteiger partial charge in [-0.25, -0.2) is 0 Å². The van der Waals surface area contributed by atoms with Crippen molar-refractivity contribution in [2.75, 3.05) is 7.11 Å². The molecule has 3 heteroatoms. The summed E-state index contributed by atoms with van der Waals surface area (Å²) in [6.45, 7) is 3.46. The van der Waals surface area contributed by atoms with Gasteiger partial charge in [-0.05, 0) is 47.5 Å². The van der Waals surface area contributed by atoms with E-state index in [2.05, 4.69) is 15.9 Å². The number of benzene rings is 1. The molecule has 0 aliphatic rings. The zero-order valence-corrected chi connectivity index (χ0v) is 9.44. The Hall–Kier alpha value is -0.830. The van der Waals surface area contributed by atoms with Crippen molar-refractivity contribution in [2.45, 2.75) is 13.8 Å². The molecule has 0 bridgehead atoms. The van der Waals surface area contributed by atoms with Gasteiger partial charge in [0.25, 0.3) is 0 Å². The van der Waals surface area contributed by atoms with Crippen molar-refractivity contribution in [3.8, 4) is 5.75 Å². The molecule has 0 aromatic heterocycles. The zero-order chi connectivity index (χ0) is 10.0. The van der Waals surface area contributed by atoms with E-state index in [-0.39, 0.29) is 5.78 Å². The summed E-state index contributed by atoms with van der Waals surface area (Å²) in [5, 5.41) is 0. The van der Waals surface area contributed by atoms with E-state index in [1.807, 2.05) is 19.1 Å². The van der Waals surface area contributed by atoms with Crippen molar-refractivity contribution >= 4 is 21.7 Å². The monoisotopic (exact) mass is 242 g/mol. The molecule has 0 amide bonds. The minimum absolute atomic E-state index is 0.0534. The summed E-state index contributed by atoms with van der Waals surface area (Å²) in [7, 11) is 1.61. The van der Waals surface area contributed by atoms with Crippen molar-refractivity contribution in [1.29, 1.82) is 0 Å². The Morgan fingerprint density at radius 1 is 1.46 bits per heavy atom. The summed E-state index contributed by atoms with van der Waals surface area (Å²) >= 11 is 3.32. The van der Waals surface area contributed by atoms with Crippen LogP contribution in [0.3, 0.4) is 0 Å². The number of hydrogen-bond acceptors (Lipinski definition) is 2. The summed E-state index contributed by atoms with van der Waals surface area (Å²) in [6, 6.07) is 3.64. The molecule has 0 unspecified atom stereocenters. The van der Waals surface area contributed by atoms with Gasteiger partial charge in [0.1, 0.15) is 5.75 Å². The fraction of sp³-hybridized carbons (Fsp3) is 0.300. The first-order valence-corrected chi connectivity index (χ1v) is 4.70. The standard InChI is InChI=1S/C10H11BrO2/c1-6-4-8(7(2)12)9(11)5-10(6)13-3/h4-5H,1-3H3. The Balaban J connectivity index is 3.28. The second kappa shape index (κ2) is 3.92. The van der Waals surface area contributed by atoms with Gasteiger partial charge in [0.2, 0.25) is 0 Å². The van der Waals surface area contributed by atoms with E-state index >= 15 is 0 Å². The smallest absolute Gasteiger partial charge is 0.160 e. The molecule has 0 heterocycles. The van der Waals surface area contributed by atoms with Gasteiger partial charge in [-0.15, -0.1) is 0 Å². The first-order chi connectivity index (χ1) is 6.06. The van der Waals surface area contributed by atoms with Crippen molar-refractivity contribution in [2.24, 2.45) is 0 Å². The van der Waals surface area contributed by atoms with Crippen LogP contribution in [0.5, 0.6) is 5.75 Å². The molecule has 0 atom stereocenters. The van der Waals surface area contributed by atoms with E-state index in [1.165, 1.54) is 0 Å². The number of carbonyl (C=O) groups is 1. The largest absolute Gasteiger partial charge is 0.496 e. The number of ether oxygens (including phenoxy) is 1. The fourth-order valence-electron chi connectivity index (χ4n) is 1.15. The van der Waals surface area contributed by atoms with Crippen LogP contribution in [0, 0.1) is 6.92 Å². The molecular weight excluding hydrogens is 232 g/mol. The highest BCUT2D eigenvalue weighted by molar-refractivity contribution is 9.10. The van der Waals surface area contributed by atoms with E-state index in [1.54, 1.807) is 14.0 Å². The van der Waals surface area contributed by atoms with E-state index in [9.17, 15) is 4.79 Å². The molecular formula is C10H11BrO2. The molecule has 0 saturated heterocycles. The van der Waals surface area contributed by atoms with Crippen LogP contribution in [-0.2, 0) is 0 Å². The van der Waals surface area contributed by atoms with E-state index < -0.39 is 0 Å². The van der Waals surface area contributed by atoms with Crippen molar-refractivity contribution in [3.05, 3.63) is 27.7 Å². The summed E-state index contributed by atoms with van der Waals surface area (Å²) in [6.07, 6.45) is 0. The van der Waals surface area contributed by atoms with Gasteiger partial charge in [-0.1, -0.05) is 0 Å². The molecule has 1 aromatic carbocycles. The maximum absolute atomic E-state index is 11.1. The summed E-state index contributed by atoms with van der Waals surface area (Å²) < 4.78 is 5.90. The fourth-order valence-corrected chi connectivity index (χ4v) is 1.75. The molecule has 0 radical (unpaired) electrons. The van der Waals surface area contributed by atoms with Crippen LogP contribution in [0.15, 0.2) is 16.6 Å². The maximum atomic E-state index is 11.1. The summed E-state index contributed by atoms with van der Waals surface area (Å²) in [5.74, 6) is 0.842. The molecule has 1 aromatic rings. The lowest BCUT2D eigenvalue weighted by Gasteiger charge is -2.07. The van der Waals surface area contributed by atoms with Gasteiger partial charge in [0.15, 0.2) is 5.78 Å². The van der Waals surface area contributed by atoms with Crippen LogP contribution in [-0.4, -0.2) is 12.9 Å². The number of Topliss-reactive ketones (excluding diaryl/α,β-unsaturated/α-hetero) is 1. The molecule has 0 fully saturated rings. The van der Waals surface area contributed by atoms with Crippen molar-refractivity contribution < 1.29 is 9.53 Å². The number of aryl methyl sites for hydroxylation is 1. The molecule has 2 nitrogen and oxygen atoms in total. The number of hydrogen-bond donors (Lipinski definition) is 0. The summed E-state index contributed by atoms with van der Waals surface area (Å²) in [5.41, 5.74) is 1.66. The molecule has 1 rings (SSSR count). The SMILES string of the molecule is COc1cc(Br)c(C(C)=O)cc1C. The third-order valence-electron chi connectivity index (χ3n) is 1.86. The van der Waals surface area contributed by atoms with Crippen LogP contribution < -0.4 is 4.74 Å². The highest BCUT2D eigenvalue weighted by Crippen LogP contribution is 2.27. The Bertz CT molecular complexity index is 345. The first-order valence-electron chi connectivity index (χ1n) is 3.91. The Labute approximate surface area is 86.0 Å². The maximum Gasteiger partial charge on any atom is 0.160 e. The lowest BCUT2D eigenvalue weighted by atomic mass is 10.1. The summed E-state index contributed by atoms with van der Waals surface area (Å²) in [4.78, 5) is 11.1. The van der Waals surface area contributed by atoms with Gasteiger partial charge in [0.05, 0.1) is 7.11 Å².